The summed E-state index contributed by atoms with van der Waals surface area (Å²) in [4.78, 5) is 13.3. The van der Waals surface area contributed by atoms with E-state index in [9.17, 15) is 4.79 Å². The Morgan fingerprint density at radius 1 is 1.06 bits per heavy atom. The average molecular weight is 260 g/mol. The zero-order valence-electron chi connectivity index (χ0n) is 10.1. The van der Waals surface area contributed by atoms with Gasteiger partial charge in [0.05, 0.1) is 5.69 Å². The third-order valence-electron chi connectivity index (χ3n) is 2.84. The molecule has 2 rings (SSSR count). The summed E-state index contributed by atoms with van der Waals surface area (Å²) in [5, 5.41) is 0. The fourth-order valence-corrected chi connectivity index (χ4v) is 2.03. The second-order valence-corrected chi connectivity index (χ2v) is 4.24. The number of benzene rings is 2. The second-order valence-electron chi connectivity index (χ2n) is 3.97. The second kappa shape index (κ2) is 5.69. The van der Waals surface area contributed by atoms with Crippen molar-refractivity contribution in [3.05, 3.63) is 54.6 Å². The van der Waals surface area contributed by atoms with Gasteiger partial charge in [0.1, 0.15) is 5.88 Å². The highest BCUT2D eigenvalue weighted by molar-refractivity contribution is 6.29. The van der Waals surface area contributed by atoms with Crippen molar-refractivity contribution >= 4 is 23.2 Å². The molecule has 0 heterocycles. The molecule has 1 amide bonds. The molecule has 0 bridgehead atoms. The van der Waals surface area contributed by atoms with Gasteiger partial charge in [0, 0.05) is 12.6 Å². The maximum atomic E-state index is 11.7. The predicted molar refractivity (Wildman–Crippen MR) is 76.0 cm³/mol. The lowest BCUT2D eigenvalue weighted by atomic mass is 10.0. The molecular formula is C15H14ClNO. The van der Waals surface area contributed by atoms with Crippen LogP contribution in [0.25, 0.3) is 11.1 Å². The van der Waals surface area contributed by atoms with Crippen molar-refractivity contribution in [1.29, 1.82) is 0 Å². The first-order valence-corrected chi connectivity index (χ1v) is 6.24. The minimum absolute atomic E-state index is 0.0143. The van der Waals surface area contributed by atoms with Crippen LogP contribution in [-0.4, -0.2) is 18.8 Å². The van der Waals surface area contributed by atoms with Gasteiger partial charge in [-0.1, -0.05) is 48.5 Å². The Balaban J connectivity index is 2.47. The van der Waals surface area contributed by atoms with E-state index < -0.39 is 0 Å². The first-order valence-electron chi connectivity index (χ1n) is 5.71. The predicted octanol–water partition coefficient (Wildman–Crippen LogP) is 3.56. The van der Waals surface area contributed by atoms with Crippen LogP contribution in [0, 0.1) is 0 Å². The van der Waals surface area contributed by atoms with Crippen LogP contribution < -0.4 is 4.90 Å². The van der Waals surface area contributed by atoms with Gasteiger partial charge in [-0.25, -0.2) is 0 Å². The van der Waals surface area contributed by atoms with Crippen LogP contribution in [0.4, 0.5) is 5.69 Å². The maximum Gasteiger partial charge on any atom is 0.241 e. The Hall–Kier alpha value is -1.80. The van der Waals surface area contributed by atoms with Crippen LogP contribution in [0.1, 0.15) is 0 Å². The Morgan fingerprint density at radius 3 is 2.33 bits per heavy atom. The lowest BCUT2D eigenvalue weighted by molar-refractivity contribution is -0.116. The molecular weight excluding hydrogens is 246 g/mol. The number of halogens is 1. The van der Waals surface area contributed by atoms with E-state index in [-0.39, 0.29) is 11.8 Å². The van der Waals surface area contributed by atoms with Crippen molar-refractivity contribution in [3.8, 4) is 11.1 Å². The molecule has 0 unspecified atom stereocenters. The monoisotopic (exact) mass is 259 g/mol. The molecule has 18 heavy (non-hydrogen) atoms. The highest BCUT2D eigenvalue weighted by atomic mass is 35.5. The van der Waals surface area contributed by atoms with Gasteiger partial charge in [-0.2, -0.15) is 0 Å². The van der Waals surface area contributed by atoms with Crippen LogP contribution in [0.3, 0.4) is 0 Å². The van der Waals surface area contributed by atoms with Gasteiger partial charge < -0.3 is 4.90 Å². The van der Waals surface area contributed by atoms with Crippen LogP contribution in [0.15, 0.2) is 54.6 Å². The normalized spacial score (nSPS) is 10.1. The number of nitrogens with zero attached hydrogens (tertiary/aromatic N) is 1. The number of anilines is 1. The Kier molecular flexibility index (Phi) is 4.00. The largest absolute Gasteiger partial charge is 0.314 e. The molecule has 92 valence electrons. The van der Waals surface area contributed by atoms with Gasteiger partial charge in [-0.15, -0.1) is 11.6 Å². The van der Waals surface area contributed by atoms with Crippen LogP contribution >= 0.6 is 11.6 Å². The molecule has 2 aromatic carbocycles. The molecule has 3 heteroatoms. The zero-order valence-corrected chi connectivity index (χ0v) is 10.9. The summed E-state index contributed by atoms with van der Waals surface area (Å²) < 4.78 is 0. The summed E-state index contributed by atoms with van der Waals surface area (Å²) in [7, 11) is 1.74. The molecule has 0 fully saturated rings. The van der Waals surface area contributed by atoms with Gasteiger partial charge in [-0.3, -0.25) is 4.79 Å². The quantitative estimate of drug-likeness (QED) is 0.772. The lowest BCUT2D eigenvalue weighted by Gasteiger charge is -2.19. The molecule has 0 saturated heterocycles. The number of alkyl halides is 1. The third-order valence-corrected chi connectivity index (χ3v) is 3.07. The van der Waals surface area contributed by atoms with Crippen molar-refractivity contribution in [2.24, 2.45) is 0 Å². The molecule has 0 aliphatic carbocycles. The molecule has 0 aliphatic rings. The summed E-state index contributed by atoms with van der Waals surface area (Å²) in [6, 6.07) is 17.8. The first kappa shape index (κ1) is 12.7. The van der Waals surface area contributed by atoms with Gasteiger partial charge in [-0.05, 0) is 11.6 Å². The fraction of sp³-hybridized carbons (Fsp3) is 0.133. The van der Waals surface area contributed by atoms with Crippen LogP contribution in [-0.2, 0) is 4.79 Å². The topological polar surface area (TPSA) is 20.3 Å². The summed E-state index contributed by atoms with van der Waals surface area (Å²) in [5.41, 5.74) is 2.98. The molecule has 0 saturated carbocycles. The average Bonchev–Trinajstić information content (AvgIpc) is 2.46. The van der Waals surface area contributed by atoms with Crippen molar-refractivity contribution in [2.75, 3.05) is 17.8 Å². The number of amides is 1. The summed E-state index contributed by atoms with van der Waals surface area (Å²) >= 11 is 5.60. The molecule has 0 radical (unpaired) electrons. The van der Waals surface area contributed by atoms with E-state index in [1.165, 1.54) is 0 Å². The van der Waals surface area contributed by atoms with E-state index in [0.717, 1.165) is 16.8 Å². The van der Waals surface area contributed by atoms with Gasteiger partial charge >= 0.3 is 0 Å². The number of hydrogen-bond donors (Lipinski definition) is 0. The molecule has 0 N–H and O–H groups in total. The number of hydrogen-bond acceptors (Lipinski definition) is 1. The van der Waals surface area contributed by atoms with Crippen molar-refractivity contribution in [1.82, 2.24) is 0 Å². The third kappa shape index (κ3) is 2.54. The van der Waals surface area contributed by atoms with Crippen molar-refractivity contribution in [3.63, 3.8) is 0 Å². The van der Waals surface area contributed by atoms with E-state index in [1.54, 1.807) is 11.9 Å². The van der Waals surface area contributed by atoms with E-state index in [4.69, 9.17) is 11.6 Å². The molecule has 0 aliphatic heterocycles. The number of carbonyl (C=O) groups excluding carboxylic acids is 1. The fourth-order valence-electron chi connectivity index (χ4n) is 1.85. The van der Waals surface area contributed by atoms with Crippen molar-refractivity contribution in [2.45, 2.75) is 0 Å². The Labute approximate surface area is 112 Å². The highest BCUT2D eigenvalue weighted by Crippen LogP contribution is 2.29. The SMILES string of the molecule is CN(C(=O)CCl)c1ccccc1-c1ccccc1. The molecule has 0 aromatic heterocycles. The van der Waals surface area contributed by atoms with Crippen LogP contribution in [0.5, 0.6) is 0 Å². The number of carbonyl (C=O) groups is 1. The first-order chi connectivity index (χ1) is 8.74. The van der Waals surface area contributed by atoms with E-state index in [0.29, 0.717) is 0 Å². The van der Waals surface area contributed by atoms with Crippen molar-refractivity contribution < 1.29 is 4.79 Å². The number of rotatable bonds is 3. The Morgan fingerprint density at radius 2 is 1.67 bits per heavy atom. The van der Waals surface area contributed by atoms with Gasteiger partial charge in [0.15, 0.2) is 0 Å². The molecule has 2 aromatic rings. The minimum Gasteiger partial charge on any atom is -0.314 e. The smallest absolute Gasteiger partial charge is 0.241 e. The van der Waals surface area contributed by atoms with Gasteiger partial charge in [0.25, 0.3) is 0 Å². The van der Waals surface area contributed by atoms with Gasteiger partial charge in [0.2, 0.25) is 5.91 Å². The number of para-hydroxylation sites is 1. The van der Waals surface area contributed by atoms with Crippen LogP contribution in [0.2, 0.25) is 0 Å². The summed E-state index contributed by atoms with van der Waals surface area (Å²) in [6.45, 7) is 0. The summed E-state index contributed by atoms with van der Waals surface area (Å²) in [5.74, 6) is -0.125. The summed E-state index contributed by atoms with van der Waals surface area (Å²) in [6.07, 6.45) is 0. The molecule has 0 spiro atoms. The van der Waals surface area contributed by atoms with E-state index in [2.05, 4.69) is 0 Å². The zero-order chi connectivity index (χ0) is 13.0. The van der Waals surface area contributed by atoms with E-state index in [1.807, 2.05) is 54.6 Å². The highest BCUT2D eigenvalue weighted by Gasteiger charge is 2.13. The standard InChI is InChI=1S/C15H14ClNO/c1-17(15(18)11-16)14-10-6-5-9-13(14)12-7-3-2-4-8-12/h2-10H,11H2,1H3. The van der Waals surface area contributed by atoms with E-state index >= 15 is 0 Å². The Bertz CT molecular complexity index is 539. The minimum atomic E-state index is -0.111. The molecule has 2 nitrogen and oxygen atoms in total. The lowest BCUT2D eigenvalue weighted by Crippen LogP contribution is -2.27. The maximum absolute atomic E-state index is 11.7. The molecule has 0 atom stereocenters.